The molecule has 0 aliphatic rings. The van der Waals surface area contributed by atoms with Gasteiger partial charge in [0, 0.05) is 5.56 Å². The van der Waals surface area contributed by atoms with E-state index in [0.29, 0.717) is 5.56 Å². The van der Waals surface area contributed by atoms with Crippen molar-refractivity contribution in [1.82, 2.24) is 0 Å². The van der Waals surface area contributed by atoms with E-state index in [0.717, 1.165) is 23.1 Å². The van der Waals surface area contributed by atoms with Gasteiger partial charge in [0.2, 0.25) is 0 Å². The van der Waals surface area contributed by atoms with Crippen LogP contribution >= 0.6 is 0 Å². The summed E-state index contributed by atoms with van der Waals surface area (Å²) < 4.78 is 0. The predicted octanol–water partition coefficient (Wildman–Crippen LogP) is 3.35. The Kier molecular flexibility index (Phi) is 3.54. The van der Waals surface area contributed by atoms with Crippen molar-refractivity contribution in [3.63, 3.8) is 0 Å². The number of ketones is 1. The fourth-order valence-electron chi connectivity index (χ4n) is 1.84. The van der Waals surface area contributed by atoms with E-state index >= 15 is 0 Å². The zero-order chi connectivity index (χ0) is 13.0. The minimum atomic E-state index is 0.0769. The van der Waals surface area contributed by atoms with Crippen molar-refractivity contribution < 1.29 is 4.79 Å². The number of nitriles is 1. The van der Waals surface area contributed by atoms with Gasteiger partial charge in [-0.25, -0.2) is 0 Å². The van der Waals surface area contributed by atoms with Gasteiger partial charge in [-0.2, -0.15) is 5.26 Å². The lowest BCUT2D eigenvalue weighted by molar-refractivity contribution is 0.101. The zero-order valence-electron chi connectivity index (χ0n) is 10.2. The van der Waals surface area contributed by atoms with Gasteiger partial charge in [0.05, 0.1) is 11.6 Å². The van der Waals surface area contributed by atoms with Crippen LogP contribution in [0.25, 0.3) is 0 Å². The second kappa shape index (κ2) is 5.29. The third-order valence-corrected chi connectivity index (χ3v) is 2.82. The second-order valence-corrected chi connectivity index (χ2v) is 4.24. The number of carbonyl (C=O) groups is 1. The molecule has 0 radical (unpaired) electrons. The number of carbonyl (C=O) groups excluding carboxylic acids is 1. The van der Waals surface area contributed by atoms with Crippen LogP contribution in [0.3, 0.4) is 0 Å². The Labute approximate surface area is 107 Å². The molecule has 0 aromatic heterocycles. The van der Waals surface area contributed by atoms with E-state index in [1.807, 2.05) is 42.5 Å². The van der Waals surface area contributed by atoms with Gasteiger partial charge in [0.15, 0.2) is 5.78 Å². The van der Waals surface area contributed by atoms with Gasteiger partial charge in [0.25, 0.3) is 0 Å². The quantitative estimate of drug-likeness (QED) is 0.765. The minimum absolute atomic E-state index is 0.0769. The lowest BCUT2D eigenvalue weighted by atomic mass is 10.0. The van der Waals surface area contributed by atoms with Crippen LogP contribution in [-0.2, 0) is 6.42 Å². The SMILES string of the molecule is CC(=O)c1ccc(Cc2cccc(C#N)c2)cc1. The Bertz CT molecular complexity index is 606. The maximum absolute atomic E-state index is 11.2. The van der Waals surface area contributed by atoms with Crippen LogP contribution in [-0.4, -0.2) is 5.78 Å². The van der Waals surface area contributed by atoms with Gasteiger partial charge < -0.3 is 0 Å². The number of hydrogen-bond donors (Lipinski definition) is 0. The van der Waals surface area contributed by atoms with Gasteiger partial charge in [0.1, 0.15) is 0 Å². The highest BCUT2D eigenvalue weighted by Gasteiger charge is 2.01. The van der Waals surface area contributed by atoms with Crippen molar-refractivity contribution in [3.8, 4) is 6.07 Å². The van der Waals surface area contributed by atoms with E-state index in [1.54, 1.807) is 13.0 Å². The lowest BCUT2D eigenvalue weighted by Crippen LogP contribution is -1.93. The fourth-order valence-corrected chi connectivity index (χ4v) is 1.84. The van der Waals surface area contributed by atoms with E-state index in [2.05, 4.69) is 6.07 Å². The molecule has 0 amide bonds. The molecule has 2 aromatic carbocycles. The Morgan fingerprint density at radius 1 is 1.11 bits per heavy atom. The molecule has 2 heteroatoms. The number of nitrogens with zero attached hydrogens (tertiary/aromatic N) is 1. The molecular formula is C16H13NO. The number of Topliss-reactive ketones (excluding diaryl/α,β-unsaturated/α-hetero) is 1. The van der Waals surface area contributed by atoms with Crippen molar-refractivity contribution >= 4 is 5.78 Å². The summed E-state index contributed by atoms with van der Waals surface area (Å²) in [6, 6.07) is 17.3. The van der Waals surface area contributed by atoms with Crippen LogP contribution in [0.1, 0.15) is 34.0 Å². The first-order valence-electron chi connectivity index (χ1n) is 5.78. The van der Waals surface area contributed by atoms with Gasteiger partial charge in [-0.05, 0) is 36.6 Å². The van der Waals surface area contributed by atoms with Gasteiger partial charge in [-0.1, -0.05) is 36.4 Å². The summed E-state index contributed by atoms with van der Waals surface area (Å²) in [6.07, 6.45) is 0.772. The maximum Gasteiger partial charge on any atom is 0.159 e. The summed E-state index contributed by atoms with van der Waals surface area (Å²) >= 11 is 0. The second-order valence-electron chi connectivity index (χ2n) is 4.24. The third-order valence-electron chi connectivity index (χ3n) is 2.82. The fraction of sp³-hybridized carbons (Fsp3) is 0.125. The summed E-state index contributed by atoms with van der Waals surface area (Å²) in [5.74, 6) is 0.0769. The average molecular weight is 235 g/mol. The van der Waals surface area contributed by atoms with E-state index in [9.17, 15) is 4.79 Å². The first-order valence-corrected chi connectivity index (χ1v) is 5.78. The Morgan fingerprint density at radius 3 is 2.44 bits per heavy atom. The average Bonchev–Trinajstić information content (AvgIpc) is 2.39. The summed E-state index contributed by atoms with van der Waals surface area (Å²) in [5, 5.41) is 8.84. The van der Waals surface area contributed by atoms with Crippen molar-refractivity contribution in [2.75, 3.05) is 0 Å². The van der Waals surface area contributed by atoms with Crippen LogP contribution < -0.4 is 0 Å². The molecular weight excluding hydrogens is 222 g/mol. The minimum Gasteiger partial charge on any atom is -0.295 e. The largest absolute Gasteiger partial charge is 0.295 e. The topological polar surface area (TPSA) is 40.9 Å². The highest BCUT2D eigenvalue weighted by molar-refractivity contribution is 5.94. The molecule has 0 spiro atoms. The number of rotatable bonds is 3. The van der Waals surface area contributed by atoms with Crippen LogP contribution in [0.4, 0.5) is 0 Å². The van der Waals surface area contributed by atoms with Gasteiger partial charge in [-0.3, -0.25) is 4.79 Å². The van der Waals surface area contributed by atoms with Gasteiger partial charge >= 0.3 is 0 Å². The van der Waals surface area contributed by atoms with Crippen molar-refractivity contribution in [2.24, 2.45) is 0 Å². The van der Waals surface area contributed by atoms with Crippen molar-refractivity contribution in [2.45, 2.75) is 13.3 Å². The molecule has 2 aromatic rings. The number of hydrogen-bond acceptors (Lipinski definition) is 2. The standard InChI is InChI=1S/C16H13NO/c1-12(18)16-7-5-13(6-8-16)9-14-3-2-4-15(10-14)11-17/h2-8,10H,9H2,1H3. The molecule has 88 valence electrons. The molecule has 0 bridgehead atoms. The Balaban J connectivity index is 2.18. The molecule has 0 heterocycles. The molecule has 2 rings (SSSR count). The van der Waals surface area contributed by atoms with Crippen LogP contribution in [0.5, 0.6) is 0 Å². The predicted molar refractivity (Wildman–Crippen MR) is 70.4 cm³/mol. The van der Waals surface area contributed by atoms with E-state index in [1.165, 1.54) is 0 Å². The Hall–Kier alpha value is -2.40. The molecule has 0 aliphatic heterocycles. The smallest absolute Gasteiger partial charge is 0.159 e. The first-order chi connectivity index (χ1) is 8.69. The first kappa shape index (κ1) is 12.1. The van der Waals surface area contributed by atoms with Crippen LogP contribution in [0.2, 0.25) is 0 Å². The molecule has 0 N–H and O–H groups in total. The zero-order valence-corrected chi connectivity index (χ0v) is 10.2. The highest BCUT2D eigenvalue weighted by atomic mass is 16.1. The van der Waals surface area contributed by atoms with Gasteiger partial charge in [-0.15, -0.1) is 0 Å². The van der Waals surface area contributed by atoms with Crippen LogP contribution in [0, 0.1) is 11.3 Å². The summed E-state index contributed by atoms with van der Waals surface area (Å²) in [7, 11) is 0. The molecule has 2 nitrogen and oxygen atoms in total. The molecule has 0 saturated heterocycles. The third kappa shape index (κ3) is 2.83. The van der Waals surface area contributed by atoms with Crippen LogP contribution in [0.15, 0.2) is 48.5 Å². The van der Waals surface area contributed by atoms with Crippen molar-refractivity contribution in [3.05, 3.63) is 70.8 Å². The van der Waals surface area contributed by atoms with E-state index in [4.69, 9.17) is 5.26 Å². The molecule has 0 fully saturated rings. The molecule has 0 unspecified atom stereocenters. The molecule has 0 atom stereocenters. The summed E-state index contributed by atoms with van der Waals surface area (Å²) in [6.45, 7) is 1.56. The molecule has 0 aliphatic carbocycles. The van der Waals surface area contributed by atoms with E-state index < -0.39 is 0 Å². The monoisotopic (exact) mass is 235 g/mol. The Morgan fingerprint density at radius 2 is 1.83 bits per heavy atom. The van der Waals surface area contributed by atoms with E-state index in [-0.39, 0.29) is 5.78 Å². The summed E-state index contributed by atoms with van der Waals surface area (Å²) in [5.41, 5.74) is 3.64. The number of benzene rings is 2. The molecule has 0 saturated carbocycles. The molecule has 18 heavy (non-hydrogen) atoms. The summed E-state index contributed by atoms with van der Waals surface area (Å²) in [4.78, 5) is 11.2. The highest BCUT2D eigenvalue weighted by Crippen LogP contribution is 2.12. The van der Waals surface area contributed by atoms with Crippen molar-refractivity contribution in [1.29, 1.82) is 5.26 Å². The normalized spacial score (nSPS) is 9.78. The maximum atomic E-state index is 11.2. The lowest BCUT2D eigenvalue weighted by Gasteiger charge is -2.03.